The Kier molecular flexibility index (Phi) is 2.10. The minimum Gasteiger partial charge on any atom is -0.337 e. The molecule has 1 aromatic heterocycles. The number of benzene rings is 1. The molecule has 4 rings (SSSR count). The van der Waals surface area contributed by atoms with Crippen LogP contribution in [0.2, 0.25) is 10.0 Å². The quantitative estimate of drug-likeness (QED) is 0.779. The summed E-state index contributed by atoms with van der Waals surface area (Å²) in [6, 6.07) is 5.85. The summed E-state index contributed by atoms with van der Waals surface area (Å²) in [6.45, 7) is 0.937. The Balaban J connectivity index is 1.83. The number of aromatic amines is 1. The molecule has 2 heterocycles. The normalized spacial score (nSPS) is 28.0. The molecule has 0 unspecified atom stereocenters. The van der Waals surface area contributed by atoms with Crippen LogP contribution in [0.25, 0.3) is 0 Å². The second kappa shape index (κ2) is 3.41. The lowest BCUT2D eigenvalue weighted by Crippen LogP contribution is -2.12. The van der Waals surface area contributed by atoms with Crippen LogP contribution in [0.1, 0.15) is 23.6 Å². The highest BCUT2D eigenvalue weighted by Crippen LogP contribution is 2.65. The van der Waals surface area contributed by atoms with Crippen LogP contribution in [-0.4, -0.2) is 9.55 Å². The summed E-state index contributed by atoms with van der Waals surface area (Å²) in [6.07, 6.45) is 3.20. The Morgan fingerprint density at radius 3 is 2.67 bits per heavy atom. The number of hydrogen-bond acceptors (Lipinski definition) is 1. The van der Waals surface area contributed by atoms with Crippen LogP contribution in [0, 0.1) is 4.77 Å². The standard InChI is InChI=1S/C13H10Cl2N2S/c14-8-1-7(2-9(15)3-8)13-4-10(13)11-5-16-12(18)17(11)6-13/h1-3,5,10H,4,6H2,(H,16,18)/t10-,13+/m0/s1. The average Bonchev–Trinajstić information content (AvgIpc) is 2.78. The molecule has 1 aromatic carbocycles. The van der Waals surface area contributed by atoms with E-state index in [4.69, 9.17) is 35.4 Å². The largest absolute Gasteiger partial charge is 0.337 e. The highest BCUT2D eigenvalue weighted by atomic mass is 35.5. The van der Waals surface area contributed by atoms with Crippen molar-refractivity contribution in [2.45, 2.75) is 24.3 Å². The number of hydrogen-bond donors (Lipinski definition) is 1. The van der Waals surface area contributed by atoms with Crippen molar-refractivity contribution in [3.05, 3.63) is 50.5 Å². The van der Waals surface area contributed by atoms with Crippen molar-refractivity contribution >= 4 is 35.4 Å². The molecule has 2 aromatic rings. The van der Waals surface area contributed by atoms with E-state index in [9.17, 15) is 0 Å². The minimum atomic E-state index is 0.173. The first-order valence-electron chi connectivity index (χ1n) is 5.85. The monoisotopic (exact) mass is 296 g/mol. The Bertz CT molecular complexity index is 698. The van der Waals surface area contributed by atoms with Gasteiger partial charge in [0.2, 0.25) is 0 Å². The van der Waals surface area contributed by atoms with Gasteiger partial charge in [0.15, 0.2) is 4.77 Å². The van der Waals surface area contributed by atoms with Crippen molar-refractivity contribution in [1.29, 1.82) is 0 Å². The van der Waals surface area contributed by atoms with Crippen LogP contribution in [0.5, 0.6) is 0 Å². The third kappa shape index (κ3) is 1.33. The van der Waals surface area contributed by atoms with Gasteiger partial charge < -0.3 is 9.55 Å². The van der Waals surface area contributed by atoms with Crippen LogP contribution >= 0.6 is 35.4 Å². The molecule has 0 amide bonds. The maximum atomic E-state index is 6.11. The summed E-state index contributed by atoms with van der Waals surface area (Å²) < 4.78 is 3.00. The molecular weight excluding hydrogens is 287 g/mol. The molecule has 1 fully saturated rings. The third-order valence-corrected chi connectivity index (χ3v) is 4.99. The zero-order valence-electron chi connectivity index (χ0n) is 9.41. The van der Waals surface area contributed by atoms with Gasteiger partial charge in [-0.2, -0.15) is 0 Å². The van der Waals surface area contributed by atoms with Gasteiger partial charge in [-0.05, 0) is 42.4 Å². The lowest BCUT2D eigenvalue weighted by molar-refractivity contribution is 0.581. The van der Waals surface area contributed by atoms with Gasteiger partial charge in [-0.25, -0.2) is 0 Å². The topological polar surface area (TPSA) is 20.7 Å². The van der Waals surface area contributed by atoms with Crippen LogP contribution in [-0.2, 0) is 12.0 Å². The second-order valence-corrected chi connectivity index (χ2v) is 6.44. The summed E-state index contributed by atoms with van der Waals surface area (Å²) in [7, 11) is 0. The first kappa shape index (κ1) is 11.1. The maximum Gasteiger partial charge on any atom is 0.177 e. The summed E-state index contributed by atoms with van der Waals surface area (Å²) >= 11 is 17.5. The van der Waals surface area contributed by atoms with Gasteiger partial charge in [0, 0.05) is 39.8 Å². The van der Waals surface area contributed by atoms with Crippen molar-refractivity contribution in [1.82, 2.24) is 9.55 Å². The zero-order chi connectivity index (χ0) is 12.5. The average molecular weight is 297 g/mol. The third-order valence-electron chi connectivity index (χ3n) is 4.21. The lowest BCUT2D eigenvalue weighted by Gasteiger charge is -2.14. The van der Waals surface area contributed by atoms with Gasteiger partial charge in [0.25, 0.3) is 0 Å². The first-order valence-corrected chi connectivity index (χ1v) is 7.01. The van der Waals surface area contributed by atoms with Crippen LogP contribution in [0.15, 0.2) is 24.4 Å². The molecule has 2 aliphatic rings. The van der Waals surface area contributed by atoms with Crippen LogP contribution in [0.3, 0.4) is 0 Å². The smallest absolute Gasteiger partial charge is 0.177 e. The van der Waals surface area contributed by atoms with E-state index < -0.39 is 0 Å². The van der Waals surface area contributed by atoms with Gasteiger partial charge in [-0.3, -0.25) is 0 Å². The van der Waals surface area contributed by atoms with Gasteiger partial charge in [-0.15, -0.1) is 0 Å². The molecule has 1 aliphatic carbocycles. The molecule has 0 bridgehead atoms. The Morgan fingerprint density at radius 1 is 1.28 bits per heavy atom. The van der Waals surface area contributed by atoms with Crippen molar-refractivity contribution in [2.75, 3.05) is 0 Å². The fourth-order valence-electron chi connectivity index (χ4n) is 3.26. The van der Waals surface area contributed by atoms with E-state index in [1.165, 1.54) is 11.3 Å². The second-order valence-electron chi connectivity index (χ2n) is 5.18. The maximum absolute atomic E-state index is 6.11. The molecule has 1 N–H and O–H groups in total. The number of halogens is 2. The predicted octanol–water partition coefficient (Wildman–Crippen LogP) is 4.29. The molecule has 0 spiro atoms. The molecule has 0 radical (unpaired) electrons. The van der Waals surface area contributed by atoms with E-state index in [2.05, 4.69) is 9.55 Å². The van der Waals surface area contributed by atoms with Gasteiger partial charge >= 0.3 is 0 Å². The SMILES string of the molecule is S=c1[nH]cc2n1C[C@@]1(c3cc(Cl)cc(Cl)c3)C[C@@H]21. The van der Waals surface area contributed by atoms with Crippen LogP contribution in [0.4, 0.5) is 0 Å². The molecule has 0 saturated heterocycles. The van der Waals surface area contributed by atoms with E-state index >= 15 is 0 Å². The number of H-pyrrole nitrogens is 1. The van der Waals surface area contributed by atoms with Gasteiger partial charge in [0.1, 0.15) is 0 Å². The van der Waals surface area contributed by atoms with Crippen molar-refractivity contribution < 1.29 is 0 Å². The number of nitrogens with zero attached hydrogens (tertiary/aromatic N) is 1. The van der Waals surface area contributed by atoms with Gasteiger partial charge in [-0.1, -0.05) is 23.2 Å². The fraction of sp³-hybridized carbons (Fsp3) is 0.308. The summed E-state index contributed by atoms with van der Waals surface area (Å²) in [5, 5.41) is 1.42. The molecule has 2 atom stereocenters. The molecule has 92 valence electrons. The molecule has 2 nitrogen and oxygen atoms in total. The summed E-state index contributed by atoms with van der Waals surface area (Å²) in [5.41, 5.74) is 2.73. The number of aromatic nitrogens is 2. The van der Waals surface area contributed by atoms with E-state index in [1.54, 1.807) is 6.07 Å². The number of rotatable bonds is 1. The van der Waals surface area contributed by atoms with E-state index in [-0.39, 0.29) is 5.41 Å². The van der Waals surface area contributed by atoms with Crippen molar-refractivity contribution in [3.8, 4) is 0 Å². The molecular formula is C13H10Cl2N2S. The Hall–Kier alpha value is -0.770. The Morgan fingerprint density at radius 2 is 2.00 bits per heavy atom. The number of imidazole rings is 1. The minimum absolute atomic E-state index is 0.173. The van der Waals surface area contributed by atoms with E-state index in [0.29, 0.717) is 16.0 Å². The Labute approximate surface area is 120 Å². The zero-order valence-corrected chi connectivity index (χ0v) is 11.7. The molecule has 1 aliphatic heterocycles. The van der Waals surface area contributed by atoms with Gasteiger partial charge in [0.05, 0.1) is 0 Å². The lowest BCUT2D eigenvalue weighted by atomic mass is 9.94. The van der Waals surface area contributed by atoms with E-state index in [0.717, 1.165) is 17.7 Å². The summed E-state index contributed by atoms with van der Waals surface area (Å²) in [5.74, 6) is 0.556. The van der Waals surface area contributed by atoms with Crippen molar-refractivity contribution in [2.24, 2.45) is 0 Å². The molecule has 1 saturated carbocycles. The highest BCUT2D eigenvalue weighted by Gasteiger charge is 2.61. The predicted molar refractivity (Wildman–Crippen MR) is 75.1 cm³/mol. The summed E-state index contributed by atoms with van der Waals surface area (Å²) in [4.78, 5) is 3.11. The highest BCUT2D eigenvalue weighted by molar-refractivity contribution is 7.71. The van der Waals surface area contributed by atoms with Crippen LogP contribution < -0.4 is 0 Å². The molecule has 18 heavy (non-hydrogen) atoms. The van der Waals surface area contributed by atoms with Crippen molar-refractivity contribution in [3.63, 3.8) is 0 Å². The molecule has 5 heteroatoms. The first-order chi connectivity index (χ1) is 8.60. The number of fused-ring (bicyclic) bond motifs is 3. The number of nitrogens with one attached hydrogen (secondary N) is 1. The van der Waals surface area contributed by atoms with E-state index in [1.807, 2.05) is 18.3 Å². The fourth-order valence-corrected chi connectivity index (χ4v) is 4.02.